The number of nitrogens with one attached hydrogen (secondary N) is 1. The third-order valence-electron chi connectivity index (χ3n) is 3.37. The number of amides is 1. The SMILES string of the molecule is Cl.NS(=O)(=O)N1CCN(C(=O)CC2COCCN2)CC1. The van der Waals surface area contributed by atoms with Crippen molar-refractivity contribution >= 4 is 28.5 Å². The summed E-state index contributed by atoms with van der Waals surface area (Å²) in [5.74, 6) is 0.0251. The number of piperazine rings is 1. The first-order chi connectivity index (χ1) is 8.97. The summed E-state index contributed by atoms with van der Waals surface area (Å²) < 4.78 is 28.8. The fraction of sp³-hybridized carbons (Fsp3) is 0.900. The summed E-state index contributed by atoms with van der Waals surface area (Å²) in [6.45, 7) is 3.29. The van der Waals surface area contributed by atoms with E-state index in [1.165, 1.54) is 4.31 Å². The van der Waals surface area contributed by atoms with Gasteiger partial charge in [-0.25, -0.2) is 5.14 Å². The van der Waals surface area contributed by atoms with Crippen LogP contribution in [0.3, 0.4) is 0 Å². The number of rotatable bonds is 3. The molecule has 0 bridgehead atoms. The van der Waals surface area contributed by atoms with Crippen LogP contribution in [0.4, 0.5) is 0 Å². The molecular formula is C10H21ClN4O4S. The Balaban J connectivity index is 0.00000200. The van der Waals surface area contributed by atoms with E-state index in [0.29, 0.717) is 32.7 Å². The van der Waals surface area contributed by atoms with Crippen LogP contribution in [0.5, 0.6) is 0 Å². The van der Waals surface area contributed by atoms with Crippen LogP contribution in [-0.2, 0) is 19.7 Å². The molecule has 0 radical (unpaired) electrons. The number of nitrogens with zero attached hydrogens (tertiary/aromatic N) is 2. The normalized spacial score (nSPS) is 25.1. The smallest absolute Gasteiger partial charge is 0.277 e. The van der Waals surface area contributed by atoms with Crippen molar-refractivity contribution in [3.8, 4) is 0 Å². The predicted molar refractivity (Wildman–Crippen MR) is 75.7 cm³/mol. The number of carbonyl (C=O) groups is 1. The number of nitrogens with two attached hydrogens (primary N) is 1. The molecule has 1 amide bonds. The first-order valence-corrected chi connectivity index (χ1v) is 7.84. The zero-order chi connectivity index (χ0) is 13.9. The molecule has 1 unspecified atom stereocenters. The molecule has 1 atom stereocenters. The van der Waals surface area contributed by atoms with Gasteiger partial charge < -0.3 is 15.0 Å². The molecule has 0 aromatic heterocycles. The number of morpholine rings is 1. The largest absolute Gasteiger partial charge is 0.378 e. The lowest BCUT2D eigenvalue weighted by Crippen LogP contribution is -2.53. The minimum Gasteiger partial charge on any atom is -0.378 e. The van der Waals surface area contributed by atoms with E-state index in [9.17, 15) is 13.2 Å². The van der Waals surface area contributed by atoms with E-state index in [-0.39, 0.29) is 37.4 Å². The number of halogens is 1. The molecule has 0 spiro atoms. The number of hydrogen-bond acceptors (Lipinski definition) is 5. The van der Waals surface area contributed by atoms with Crippen LogP contribution >= 0.6 is 12.4 Å². The summed E-state index contributed by atoms with van der Waals surface area (Å²) in [5, 5.41) is 8.27. The van der Waals surface area contributed by atoms with Crippen molar-refractivity contribution in [2.45, 2.75) is 12.5 Å². The Hall–Kier alpha value is -0.450. The standard InChI is InChI=1S/C10H20N4O4S.ClH/c11-19(16,17)14-4-2-13(3-5-14)10(15)7-9-8-18-6-1-12-9;/h9,12H,1-8H2,(H2,11,16,17);1H. The highest BCUT2D eigenvalue weighted by Crippen LogP contribution is 2.08. The van der Waals surface area contributed by atoms with Gasteiger partial charge in [-0.1, -0.05) is 0 Å². The molecule has 0 saturated carbocycles. The van der Waals surface area contributed by atoms with E-state index >= 15 is 0 Å². The van der Waals surface area contributed by atoms with Gasteiger partial charge in [0, 0.05) is 45.2 Å². The van der Waals surface area contributed by atoms with Crippen molar-refractivity contribution in [3.63, 3.8) is 0 Å². The maximum atomic E-state index is 12.1. The van der Waals surface area contributed by atoms with Crippen molar-refractivity contribution in [1.82, 2.24) is 14.5 Å². The molecule has 20 heavy (non-hydrogen) atoms. The molecule has 0 aromatic carbocycles. The molecule has 118 valence electrons. The lowest BCUT2D eigenvalue weighted by Gasteiger charge is -2.34. The van der Waals surface area contributed by atoms with E-state index in [4.69, 9.17) is 9.88 Å². The van der Waals surface area contributed by atoms with Crippen molar-refractivity contribution in [2.24, 2.45) is 5.14 Å². The van der Waals surface area contributed by atoms with Crippen LogP contribution in [0.15, 0.2) is 0 Å². The van der Waals surface area contributed by atoms with Gasteiger partial charge in [-0.05, 0) is 0 Å². The Labute approximate surface area is 125 Å². The highest BCUT2D eigenvalue weighted by atomic mass is 35.5. The van der Waals surface area contributed by atoms with Gasteiger partial charge in [-0.15, -0.1) is 12.4 Å². The summed E-state index contributed by atoms with van der Waals surface area (Å²) in [6, 6.07) is 0.0533. The van der Waals surface area contributed by atoms with Crippen molar-refractivity contribution < 1.29 is 17.9 Å². The van der Waals surface area contributed by atoms with Crippen molar-refractivity contribution in [3.05, 3.63) is 0 Å². The highest BCUT2D eigenvalue weighted by Gasteiger charge is 2.27. The first kappa shape index (κ1) is 17.6. The molecule has 2 heterocycles. The highest BCUT2D eigenvalue weighted by molar-refractivity contribution is 7.86. The molecule has 2 rings (SSSR count). The zero-order valence-corrected chi connectivity index (χ0v) is 12.8. The summed E-state index contributed by atoms with van der Waals surface area (Å²) in [4.78, 5) is 13.7. The van der Waals surface area contributed by atoms with E-state index < -0.39 is 10.2 Å². The minimum atomic E-state index is -3.64. The zero-order valence-electron chi connectivity index (χ0n) is 11.2. The molecule has 10 heteroatoms. The molecule has 3 N–H and O–H groups in total. The second kappa shape index (κ2) is 7.53. The molecule has 2 aliphatic rings. The van der Waals surface area contributed by atoms with E-state index in [1.807, 2.05) is 0 Å². The average molecular weight is 329 g/mol. The van der Waals surface area contributed by atoms with Gasteiger partial charge in [-0.3, -0.25) is 4.79 Å². The summed E-state index contributed by atoms with van der Waals surface area (Å²) in [7, 11) is -3.64. The summed E-state index contributed by atoms with van der Waals surface area (Å²) in [5.41, 5.74) is 0. The Morgan fingerprint density at radius 2 is 1.95 bits per heavy atom. The number of hydrogen-bond donors (Lipinski definition) is 2. The molecule has 0 aliphatic carbocycles. The number of ether oxygens (including phenoxy) is 1. The maximum Gasteiger partial charge on any atom is 0.277 e. The van der Waals surface area contributed by atoms with Crippen molar-refractivity contribution in [1.29, 1.82) is 0 Å². The van der Waals surface area contributed by atoms with Gasteiger partial charge in [0.15, 0.2) is 0 Å². The lowest BCUT2D eigenvalue weighted by molar-refractivity contribution is -0.133. The van der Waals surface area contributed by atoms with Gasteiger partial charge in [0.25, 0.3) is 10.2 Å². The van der Waals surface area contributed by atoms with Gasteiger partial charge in [0.05, 0.1) is 13.2 Å². The lowest BCUT2D eigenvalue weighted by atomic mass is 10.1. The molecule has 8 nitrogen and oxygen atoms in total. The molecule has 2 saturated heterocycles. The minimum absolute atomic E-state index is 0. The second-order valence-electron chi connectivity index (χ2n) is 4.75. The molecule has 0 aromatic rings. The summed E-state index contributed by atoms with van der Waals surface area (Å²) in [6.07, 6.45) is 0.384. The van der Waals surface area contributed by atoms with Gasteiger partial charge in [0.1, 0.15) is 0 Å². The quantitative estimate of drug-likeness (QED) is 0.632. The number of carbonyl (C=O) groups excluding carboxylic acids is 1. The molecule has 2 aliphatic heterocycles. The van der Waals surface area contributed by atoms with Gasteiger partial charge in [-0.2, -0.15) is 12.7 Å². The Kier molecular flexibility index (Phi) is 6.62. The molecular weight excluding hydrogens is 308 g/mol. The van der Waals surface area contributed by atoms with Gasteiger partial charge in [0.2, 0.25) is 5.91 Å². The third-order valence-corrected chi connectivity index (χ3v) is 4.46. The monoisotopic (exact) mass is 328 g/mol. The second-order valence-corrected chi connectivity index (χ2v) is 6.30. The van der Waals surface area contributed by atoms with E-state index in [1.54, 1.807) is 4.90 Å². The van der Waals surface area contributed by atoms with E-state index in [0.717, 1.165) is 6.54 Å². The fourth-order valence-corrected chi connectivity index (χ4v) is 2.95. The van der Waals surface area contributed by atoms with Crippen LogP contribution in [-0.4, -0.2) is 75.5 Å². The van der Waals surface area contributed by atoms with E-state index in [2.05, 4.69) is 5.32 Å². The predicted octanol–water partition coefficient (Wildman–Crippen LogP) is -1.87. The Morgan fingerprint density at radius 3 is 2.45 bits per heavy atom. The van der Waals surface area contributed by atoms with Crippen LogP contribution < -0.4 is 10.5 Å². The first-order valence-electron chi connectivity index (χ1n) is 6.33. The van der Waals surface area contributed by atoms with Gasteiger partial charge >= 0.3 is 0 Å². The average Bonchev–Trinajstić information content (AvgIpc) is 2.39. The van der Waals surface area contributed by atoms with Crippen LogP contribution in [0.1, 0.15) is 6.42 Å². The molecule has 2 fully saturated rings. The topological polar surface area (TPSA) is 105 Å². The summed E-state index contributed by atoms with van der Waals surface area (Å²) >= 11 is 0. The van der Waals surface area contributed by atoms with Crippen LogP contribution in [0.2, 0.25) is 0 Å². The maximum absolute atomic E-state index is 12.1. The van der Waals surface area contributed by atoms with Crippen LogP contribution in [0.25, 0.3) is 0 Å². The fourth-order valence-electron chi connectivity index (χ4n) is 2.28. The van der Waals surface area contributed by atoms with Crippen LogP contribution in [0, 0.1) is 0 Å². The Morgan fingerprint density at radius 1 is 1.30 bits per heavy atom. The van der Waals surface area contributed by atoms with Crippen molar-refractivity contribution in [2.75, 3.05) is 45.9 Å². The Bertz CT molecular complexity index is 419. The third kappa shape index (κ3) is 4.83.